The Hall–Kier alpha value is -1.35. The zero-order chi connectivity index (χ0) is 9.97. The molecule has 2 N–H and O–H groups in total. The summed E-state index contributed by atoms with van der Waals surface area (Å²) in [5.74, 6) is -0.0661. The number of carbonyl (C=O) groups is 1. The molecule has 3 heteroatoms. The van der Waals surface area contributed by atoms with Crippen molar-refractivity contribution >= 4 is 5.91 Å². The van der Waals surface area contributed by atoms with Crippen molar-refractivity contribution in [1.29, 1.82) is 0 Å². The molecule has 0 radical (unpaired) electrons. The summed E-state index contributed by atoms with van der Waals surface area (Å²) < 4.78 is 0. The van der Waals surface area contributed by atoms with Gasteiger partial charge in [0.05, 0.1) is 18.6 Å². The lowest BCUT2D eigenvalue weighted by atomic mass is 9.96. The van der Waals surface area contributed by atoms with Gasteiger partial charge in [-0.05, 0) is 12.0 Å². The van der Waals surface area contributed by atoms with Crippen molar-refractivity contribution < 1.29 is 9.90 Å². The molecule has 3 nitrogen and oxygen atoms in total. The Bertz CT molecular complexity index is 323. The number of rotatable bonds is 2. The number of nitrogens with one attached hydrogen (secondary N) is 1. The van der Waals surface area contributed by atoms with Crippen molar-refractivity contribution in [3.63, 3.8) is 0 Å². The Morgan fingerprint density at radius 1 is 1.36 bits per heavy atom. The SMILES string of the molecule is O=C1N[C@H](CO)C[C@H]1c1ccccc1. The first-order valence-corrected chi connectivity index (χ1v) is 4.77. The predicted molar refractivity (Wildman–Crippen MR) is 52.8 cm³/mol. The van der Waals surface area contributed by atoms with E-state index in [0.29, 0.717) is 6.42 Å². The summed E-state index contributed by atoms with van der Waals surface area (Å²) in [5.41, 5.74) is 1.03. The molecule has 0 bridgehead atoms. The molecule has 14 heavy (non-hydrogen) atoms. The molecule has 1 aliphatic heterocycles. The average molecular weight is 191 g/mol. The highest BCUT2D eigenvalue weighted by molar-refractivity contribution is 5.86. The highest BCUT2D eigenvalue weighted by atomic mass is 16.3. The molecule has 0 unspecified atom stereocenters. The second-order valence-corrected chi connectivity index (χ2v) is 3.59. The van der Waals surface area contributed by atoms with E-state index in [0.717, 1.165) is 5.56 Å². The van der Waals surface area contributed by atoms with E-state index in [9.17, 15) is 4.79 Å². The van der Waals surface area contributed by atoms with Gasteiger partial charge in [0.15, 0.2) is 0 Å². The lowest BCUT2D eigenvalue weighted by Gasteiger charge is -2.06. The van der Waals surface area contributed by atoms with Crippen LogP contribution in [0.5, 0.6) is 0 Å². The molecule has 0 aliphatic carbocycles. The minimum absolute atomic E-state index is 0.0229. The Balaban J connectivity index is 2.17. The minimum Gasteiger partial charge on any atom is -0.394 e. The maximum absolute atomic E-state index is 11.5. The van der Waals surface area contributed by atoms with Gasteiger partial charge in [-0.2, -0.15) is 0 Å². The molecule has 2 atom stereocenters. The Morgan fingerprint density at radius 3 is 2.64 bits per heavy atom. The van der Waals surface area contributed by atoms with Gasteiger partial charge in [0.25, 0.3) is 0 Å². The van der Waals surface area contributed by atoms with E-state index in [4.69, 9.17) is 5.11 Å². The third-order valence-electron chi connectivity index (χ3n) is 2.61. The fourth-order valence-corrected chi connectivity index (χ4v) is 1.85. The van der Waals surface area contributed by atoms with Crippen LogP contribution >= 0.6 is 0 Å². The second-order valence-electron chi connectivity index (χ2n) is 3.59. The zero-order valence-corrected chi connectivity index (χ0v) is 7.81. The number of amides is 1. The minimum atomic E-state index is -0.0895. The molecule has 0 saturated carbocycles. The van der Waals surface area contributed by atoms with E-state index in [1.54, 1.807) is 0 Å². The highest BCUT2D eigenvalue weighted by Crippen LogP contribution is 2.26. The first-order valence-electron chi connectivity index (χ1n) is 4.77. The van der Waals surface area contributed by atoms with Crippen LogP contribution in [0.1, 0.15) is 17.9 Å². The third kappa shape index (κ3) is 1.63. The van der Waals surface area contributed by atoms with Crippen LogP contribution in [0.15, 0.2) is 30.3 Å². The molecule has 1 heterocycles. The Labute approximate surface area is 82.8 Å². The molecular weight excluding hydrogens is 178 g/mol. The second kappa shape index (κ2) is 3.80. The van der Waals surface area contributed by atoms with Crippen LogP contribution < -0.4 is 5.32 Å². The van der Waals surface area contributed by atoms with Crippen molar-refractivity contribution in [3.05, 3.63) is 35.9 Å². The quantitative estimate of drug-likeness (QED) is 0.721. The Kier molecular flexibility index (Phi) is 2.50. The fraction of sp³-hybridized carbons (Fsp3) is 0.364. The predicted octanol–water partition coefficient (Wildman–Crippen LogP) is 0.651. The molecule has 1 fully saturated rings. The van der Waals surface area contributed by atoms with Gasteiger partial charge in [0, 0.05) is 0 Å². The summed E-state index contributed by atoms with van der Waals surface area (Å²) in [5, 5.41) is 11.7. The van der Waals surface area contributed by atoms with Gasteiger partial charge in [-0.15, -0.1) is 0 Å². The number of carbonyl (C=O) groups excluding carboxylic acids is 1. The van der Waals surface area contributed by atoms with Crippen molar-refractivity contribution in [3.8, 4) is 0 Å². The molecule has 0 spiro atoms. The van der Waals surface area contributed by atoms with Gasteiger partial charge in [-0.3, -0.25) is 4.79 Å². The largest absolute Gasteiger partial charge is 0.394 e. The summed E-state index contributed by atoms with van der Waals surface area (Å²) in [6.45, 7) is 0.0229. The van der Waals surface area contributed by atoms with E-state index in [2.05, 4.69) is 5.32 Å². The van der Waals surface area contributed by atoms with E-state index >= 15 is 0 Å². The third-order valence-corrected chi connectivity index (χ3v) is 2.61. The van der Waals surface area contributed by atoms with Gasteiger partial charge in [0.1, 0.15) is 0 Å². The van der Waals surface area contributed by atoms with Gasteiger partial charge in [-0.25, -0.2) is 0 Å². The van der Waals surface area contributed by atoms with Gasteiger partial charge < -0.3 is 10.4 Å². The molecule has 74 valence electrons. The number of aliphatic hydroxyl groups is 1. The topological polar surface area (TPSA) is 49.3 Å². The van der Waals surface area contributed by atoms with Crippen molar-refractivity contribution in [1.82, 2.24) is 5.32 Å². The highest BCUT2D eigenvalue weighted by Gasteiger charge is 2.32. The maximum atomic E-state index is 11.5. The molecule has 1 saturated heterocycles. The van der Waals surface area contributed by atoms with E-state index < -0.39 is 0 Å². The number of benzene rings is 1. The van der Waals surface area contributed by atoms with Crippen LogP contribution in [0.4, 0.5) is 0 Å². The van der Waals surface area contributed by atoms with Crippen molar-refractivity contribution in [2.75, 3.05) is 6.61 Å². The molecule has 1 aromatic rings. The average Bonchev–Trinajstić information content (AvgIpc) is 2.61. The van der Waals surface area contributed by atoms with E-state index in [1.165, 1.54) is 0 Å². The summed E-state index contributed by atoms with van der Waals surface area (Å²) in [6, 6.07) is 9.60. The van der Waals surface area contributed by atoms with E-state index in [-0.39, 0.29) is 24.5 Å². The number of aliphatic hydroxyl groups excluding tert-OH is 1. The fourth-order valence-electron chi connectivity index (χ4n) is 1.85. The van der Waals surface area contributed by atoms with Crippen LogP contribution in [-0.2, 0) is 4.79 Å². The van der Waals surface area contributed by atoms with E-state index in [1.807, 2.05) is 30.3 Å². The number of hydrogen-bond acceptors (Lipinski definition) is 2. The van der Waals surface area contributed by atoms with Crippen molar-refractivity contribution in [2.24, 2.45) is 0 Å². The van der Waals surface area contributed by atoms with Crippen LogP contribution in [0.25, 0.3) is 0 Å². The van der Waals surface area contributed by atoms with Crippen LogP contribution in [0.3, 0.4) is 0 Å². The van der Waals surface area contributed by atoms with Gasteiger partial charge >= 0.3 is 0 Å². The smallest absolute Gasteiger partial charge is 0.227 e. The summed E-state index contributed by atoms with van der Waals surface area (Å²) in [6.07, 6.45) is 0.694. The normalized spacial score (nSPS) is 26.2. The summed E-state index contributed by atoms with van der Waals surface area (Å²) in [7, 11) is 0. The standard InChI is InChI=1S/C11H13NO2/c13-7-9-6-10(11(14)12-9)8-4-2-1-3-5-8/h1-5,9-10,13H,6-7H2,(H,12,14)/t9-,10-/m0/s1. The molecule has 0 aromatic heterocycles. The van der Waals surface area contributed by atoms with Gasteiger partial charge in [0.2, 0.25) is 5.91 Å². The molecule has 1 amide bonds. The lowest BCUT2D eigenvalue weighted by Crippen LogP contribution is -2.28. The first kappa shape index (κ1) is 9.21. The zero-order valence-electron chi connectivity index (χ0n) is 7.81. The van der Waals surface area contributed by atoms with Crippen molar-refractivity contribution in [2.45, 2.75) is 18.4 Å². The monoisotopic (exact) mass is 191 g/mol. The first-order chi connectivity index (χ1) is 6.81. The maximum Gasteiger partial charge on any atom is 0.227 e. The molecule has 1 aliphatic rings. The molecule has 2 rings (SSSR count). The molecular formula is C11H13NO2. The van der Waals surface area contributed by atoms with Crippen LogP contribution in [0, 0.1) is 0 Å². The van der Waals surface area contributed by atoms with Gasteiger partial charge in [-0.1, -0.05) is 30.3 Å². The number of hydrogen-bond donors (Lipinski definition) is 2. The van der Waals surface area contributed by atoms with Crippen LogP contribution in [-0.4, -0.2) is 23.7 Å². The molecule has 1 aromatic carbocycles. The summed E-state index contributed by atoms with van der Waals surface area (Å²) >= 11 is 0. The summed E-state index contributed by atoms with van der Waals surface area (Å²) in [4.78, 5) is 11.5. The Morgan fingerprint density at radius 2 is 2.07 bits per heavy atom. The lowest BCUT2D eigenvalue weighted by molar-refractivity contribution is -0.120. The van der Waals surface area contributed by atoms with Crippen LogP contribution in [0.2, 0.25) is 0 Å².